The Morgan fingerprint density at radius 2 is 1.90 bits per heavy atom. The van der Waals surface area contributed by atoms with E-state index in [0.29, 0.717) is 5.92 Å². The first kappa shape index (κ1) is 14.0. The lowest BCUT2D eigenvalue weighted by Crippen LogP contribution is -2.27. The molecule has 1 saturated heterocycles. The van der Waals surface area contributed by atoms with Crippen molar-refractivity contribution in [3.8, 4) is 0 Å². The SMILES string of the molecule is c1ccc(CCNc2cncc(C3CCNCC3)n2)cc1. The average Bonchev–Trinajstić information content (AvgIpc) is 2.57. The molecule has 3 rings (SSSR count). The Morgan fingerprint density at radius 1 is 1.10 bits per heavy atom. The first-order valence-corrected chi connectivity index (χ1v) is 7.72. The molecule has 4 heteroatoms. The van der Waals surface area contributed by atoms with Crippen LogP contribution in [-0.2, 0) is 6.42 Å². The molecule has 2 aromatic rings. The highest BCUT2D eigenvalue weighted by Gasteiger charge is 2.16. The van der Waals surface area contributed by atoms with Crippen molar-refractivity contribution in [1.82, 2.24) is 15.3 Å². The van der Waals surface area contributed by atoms with E-state index >= 15 is 0 Å². The summed E-state index contributed by atoms with van der Waals surface area (Å²) in [4.78, 5) is 9.07. The van der Waals surface area contributed by atoms with Gasteiger partial charge in [-0.3, -0.25) is 4.98 Å². The predicted octanol–water partition coefficient (Wildman–Crippen LogP) is 2.60. The molecule has 0 bridgehead atoms. The second kappa shape index (κ2) is 7.18. The van der Waals surface area contributed by atoms with Crippen molar-refractivity contribution in [2.45, 2.75) is 25.2 Å². The van der Waals surface area contributed by atoms with Gasteiger partial charge in [-0.15, -0.1) is 0 Å². The number of rotatable bonds is 5. The Bertz CT molecular complexity index is 550. The highest BCUT2D eigenvalue weighted by molar-refractivity contribution is 5.33. The van der Waals surface area contributed by atoms with Crippen molar-refractivity contribution < 1.29 is 0 Å². The normalized spacial score (nSPS) is 15.8. The van der Waals surface area contributed by atoms with Crippen molar-refractivity contribution in [3.05, 3.63) is 54.0 Å². The Hall–Kier alpha value is -1.94. The second-order valence-corrected chi connectivity index (χ2v) is 5.52. The summed E-state index contributed by atoms with van der Waals surface area (Å²) in [5.41, 5.74) is 2.47. The van der Waals surface area contributed by atoms with E-state index in [0.717, 1.165) is 50.4 Å². The lowest BCUT2D eigenvalue weighted by atomic mass is 9.95. The molecule has 110 valence electrons. The fourth-order valence-corrected chi connectivity index (χ4v) is 2.76. The zero-order valence-corrected chi connectivity index (χ0v) is 12.3. The Labute approximate surface area is 126 Å². The maximum atomic E-state index is 4.73. The Kier molecular flexibility index (Phi) is 4.79. The van der Waals surface area contributed by atoms with Crippen molar-refractivity contribution in [2.75, 3.05) is 25.0 Å². The molecule has 21 heavy (non-hydrogen) atoms. The molecule has 1 aliphatic heterocycles. The van der Waals surface area contributed by atoms with E-state index in [1.54, 1.807) is 0 Å². The zero-order chi connectivity index (χ0) is 14.3. The van der Waals surface area contributed by atoms with Crippen LogP contribution in [0.3, 0.4) is 0 Å². The fraction of sp³-hybridized carbons (Fsp3) is 0.412. The number of nitrogens with one attached hydrogen (secondary N) is 2. The highest BCUT2D eigenvalue weighted by Crippen LogP contribution is 2.23. The number of nitrogens with zero attached hydrogens (tertiary/aromatic N) is 2. The fourth-order valence-electron chi connectivity index (χ4n) is 2.76. The van der Waals surface area contributed by atoms with Crippen LogP contribution in [0.25, 0.3) is 0 Å². The minimum atomic E-state index is 0.551. The van der Waals surface area contributed by atoms with E-state index < -0.39 is 0 Å². The number of anilines is 1. The second-order valence-electron chi connectivity index (χ2n) is 5.52. The number of aromatic nitrogens is 2. The molecule has 0 spiro atoms. The Balaban J connectivity index is 1.55. The molecule has 0 radical (unpaired) electrons. The largest absolute Gasteiger partial charge is 0.368 e. The number of benzene rings is 1. The van der Waals surface area contributed by atoms with Crippen molar-refractivity contribution >= 4 is 5.82 Å². The summed E-state index contributed by atoms with van der Waals surface area (Å²) in [7, 11) is 0. The van der Waals surface area contributed by atoms with E-state index in [1.807, 2.05) is 18.5 Å². The standard InChI is InChI=1S/C17H22N4/c1-2-4-14(5-3-1)6-11-20-17-13-19-12-16(21-17)15-7-9-18-10-8-15/h1-5,12-13,15,18H,6-11H2,(H,20,21). The van der Waals surface area contributed by atoms with Gasteiger partial charge in [0.15, 0.2) is 0 Å². The third-order valence-corrected chi connectivity index (χ3v) is 3.97. The predicted molar refractivity (Wildman–Crippen MR) is 85.5 cm³/mol. The lowest BCUT2D eigenvalue weighted by molar-refractivity contribution is 0.452. The van der Waals surface area contributed by atoms with Gasteiger partial charge in [0.2, 0.25) is 0 Å². The van der Waals surface area contributed by atoms with E-state index in [-0.39, 0.29) is 0 Å². The van der Waals surface area contributed by atoms with E-state index in [9.17, 15) is 0 Å². The van der Waals surface area contributed by atoms with Crippen LogP contribution in [0, 0.1) is 0 Å². The van der Waals surface area contributed by atoms with Crippen molar-refractivity contribution in [3.63, 3.8) is 0 Å². The van der Waals surface area contributed by atoms with Crippen LogP contribution in [0.1, 0.15) is 30.0 Å². The summed E-state index contributed by atoms with van der Waals surface area (Å²) in [5.74, 6) is 1.44. The Morgan fingerprint density at radius 3 is 2.71 bits per heavy atom. The maximum absolute atomic E-state index is 4.73. The molecule has 1 aliphatic rings. The van der Waals surface area contributed by atoms with Gasteiger partial charge in [0.05, 0.1) is 11.9 Å². The molecule has 0 atom stereocenters. The van der Waals surface area contributed by atoms with Gasteiger partial charge in [-0.05, 0) is 37.9 Å². The van der Waals surface area contributed by atoms with Crippen LogP contribution in [0.5, 0.6) is 0 Å². The summed E-state index contributed by atoms with van der Waals surface area (Å²) in [6.45, 7) is 3.05. The molecule has 0 unspecified atom stereocenters. The van der Waals surface area contributed by atoms with Gasteiger partial charge < -0.3 is 10.6 Å². The smallest absolute Gasteiger partial charge is 0.144 e. The van der Waals surface area contributed by atoms with Gasteiger partial charge in [-0.2, -0.15) is 0 Å². The number of hydrogen-bond donors (Lipinski definition) is 2. The molecule has 0 saturated carbocycles. The molecule has 4 nitrogen and oxygen atoms in total. The highest BCUT2D eigenvalue weighted by atomic mass is 15.0. The average molecular weight is 282 g/mol. The van der Waals surface area contributed by atoms with Gasteiger partial charge >= 0.3 is 0 Å². The first-order chi connectivity index (χ1) is 10.4. The number of hydrogen-bond acceptors (Lipinski definition) is 4. The molecular formula is C17H22N4. The van der Waals surface area contributed by atoms with Crippen LogP contribution in [-0.4, -0.2) is 29.6 Å². The summed E-state index contributed by atoms with van der Waals surface area (Å²) < 4.78 is 0. The van der Waals surface area contributed by atoms with Crippen LogP contribution >= 0.6 is 0 Å². The molecule has 0 aliphatic carbocycles. The van der Waals surface area contributed by atoms with Crippen LogP contribution < -0.4 is 10.6 Å². The first-order valence-electron chi connectivity index (χ1n) is 7.72. The van der Waals surface area contributed by atoms with Crippen LogP contribution in [0.15, 0.2) is 42.7 Å². The molecule has 1 aromatic carbocycles. The third-order valence-electron chi connectivity index (χ3n) is 3.97. The molecule has 1 fully saturated rings. The quantitative estimate of drug-likeness (QED) is 0.885. The third kappa shape index (κ3) is 4.02. The minimum absolute atomic E-state index is 0.551. The van der Waals surface area contributed by atoms with Crippen LogP contribution in [0.4, 0.5) is 5.82 Å². The topological polar surface area (TPSA) is 49.8 Å². The number of piperidine rings is 1. The maximum Gasteiger partial charge on any atom is 0.144 e. The molecule has 1 aromatic heterocycles. The zero-order valence-electron chi connectivity index (χ0n) is 12.3. The van der Waals surface area contributed by atoms with Crippen molar-refractivity contribution in [1.29, 1.82) is 0 Å². The van der Waals surface area contributed by atoms with Gasteiger partial charge in [0, 0.05) is 18.7 Å². The molecule has 2 N–H and O–H groups in total. The van der Waals surface area contributed by atoms with E-state index in [1.165, 1.54) is 5.56 Å². The van der Waals surface area contributed by atoms with Crippen molar-refractivity contribution in [2.24, 2.45) is 0 Å². The van der Waals surface area contributed by atoms with Crippen LogP contribution in [0.2, 0.25) is 0 Å². The summed E-state index contributed by atoms with van der Waals surface area (Å²) in [6.07, 6.45) is 7.04. The van der Waals surface area contributed by atoms with Gasteiger partial charge in [0.1, 0.15) is 5.82 Å². The summed E-state index contributed by atoms with van der Waals surface area (Å²) in [5, 5.41) is 6.77. The molecule has 0 amide bonds. The monoisotopic (exact) mass is 282 g/mol. The van der Waals surface area contributed by atoms with E-state index in [4.69, 9.17) is 4.98 Å². The minimum Gasteiger partial charge on any atom is -0.368 e. The van der Waals surface area contributed by atoms with E-state index in [2.05, 4.69) is 39.9 Å². The van der Waals surface area contributed by atoms with Gasteiger partial charge in [0.25, 0.3) is 0 Å². The molecule has 2 heterocycles. The lowest BCUT2D eigenvalue weighted by Gasteiger charge is -2.22. The van der Waals surface area contributed by atoms with Gasteiger partial charge in [-0.25, -0.2) is 4.98 Å². The molecular weight excluding hydrogens is 260 g/mol. The summed E-state index contributed by atoms with van der Waals surface area (Å²) >= 11 is 0. The summed E-state index contributed by atoms with van der Waals surface area (Å²) in [6, 6.07) is 10.5. The van der Waals surface area contributed by atoms with Gasteiger partial charge in [-0.1, -0.05) is 30.3 Å².